The minimum Gasteiger partial charge on any atom is -0.478 e. The van der Waals surface area contributed by atoms with Gasteiger partial charge in [-0.25, -0.2) is 4.79 Å². The van der Waals surface area contributed by atoms with E-state index in [1.165, 1.54) is 12.5 Å². The molecule has 1 aliphatic carbocycles. The van der Waals surface area contributed by atoms with Crippen molar-refractivity contribution in [2.75, 3.05) is 18.5 Å². The van der Waals surface area contributed by atoms with Crippen LogP contribution in [-0.2, 0) is 4.79 Å². The van der Waals surface area contributed by atoms with E-state index in [1.54, 1.807) is 6.08 Å². The maximum Gasteiger partial charge on any atom is 0.328 e. The molecule has 1 fully saturated rings. The Morgan fingerprint density at radius 1 is 1.58 bits per heavy atom. The summed E-state index contributed by atoms with van der Waals surface area (Å²) in [4.78, 5) is 12.9. The summed E-state index contributed by atoms with van der Waals surface area (Å²) in [6.07, 6.45) is 4.12. The zero-order valence-corrected chi connectivity index (χ0v) is 12.7. The number of aliphatic carboxylic acids is 1. The van der Waals surface area contributed by atoms with Crippen LogP contribution in [0.3, 0.4) is 0 Å². The first-order valence-corrected chi connectivity index (χ1v) is 7.18. The SMILES string of the molecule is CC1CC1CN(C)c1ccc(Br)cc1/C=C/C(=O)O. The van der Waals surface area contributed by atoms with Crippen LogP contribution in [0.1, 0.15) is 18.9 Å². The van der Waals surface area contributed by atoms with Gasteiger partial charge >= 0.3 is 5.97 Å². The summed E-state index contributed by atoms with van der Waals surface area (Å²) in [5.74, 6) is 0.658. The van der Waals surface area contributed by atoms with E-state index in [9.17, 15) is 4.79 Å². The van der Waals surface area contributed by atoms with E-state index in [-0.39, 0.29) is 0 Å². The second-order valence-corrected chi connectivity index (χ2v) is 6.14. The number of hydrogen-bond acceptors (Lipinski definition) is 2. The van der Waals surface area contributed by atoms with Crippen LogP contribution in [0, 0.1) is 11.8 Å². The van der Waals surface area contributed by atoms with Crippen molar-refractivity contribution in [2.24, 2.45) is 11.8 Å². The van der Waals surface area contributed by atoms with Gasteiger partial charge in [-0.2, -0.15) is 0 Å². The van der Waals surface area contributed by atoms with Crippen LogP contribution in [0.4, 0.5) is 5.69 Å². The standard InChI is InChI=1S/C15H18BrNO2/c1-10-7-12(10)9-17(2)14-5-4-13(16)8-11(14)3-6-15(18)19/h3-6,8,10,12H,7,9H2,1-2H3,(H,18,19)/b6-3+. The number of carboxylic acid groups (broad SMARTS) is 1. The summed E-state index contributed by atoms with van der Waals surface area (Å²) in [6, 6.07) is 5.96. The van der Waals surface area contributed by atoms with Gasteiger partial charge in [0.25, 0.3) is 0 Å². The topological polar surface area (TPSA) is 40.5 Å². The Morgan fingerprint density at radius 2 is 2.26 bits per heavy atom. The lowest BCUT2D eigenvalue weighted by atomic mass is 10.1. The maximum atomic E-state index is 10.7. The molecule has 102 valence electrons. The fourth-order valence-corrected chi connectivity index (χ4v) is 2.65. The summed E-state index contributed by atoms with van der Waals surface area (Å²) >= 11 is 3.43. The van der Waals surface area contributed by atoms with Crippen LogP contribution in [-0.4, -0.2) is 24.7 Å². The molecule has 2 atom stereocenters. The van der Waals surface area contributed by atoms with Gasteiger partial charge in [0, 0.05) is 29.8 Å². The summed E-state index contributed by atoms with van der Waals surface area (Å²) in [5.41, 5.74) is 1.99. The molecule has 0 heterocycles. The number of carbonyl (C=O) groups is 1. The van der Waals surface area contributed by atoms with E-state index in [0.717, 1.165) is 34.1 Å². The first-order valence-electron chi connectivity index (χ1n) is 6.39. The molecule has 0 amide bonds. The second-order valence-electron chi connectivity index (χ2n) is 5.23. The molecule has 0 aromatic heterocycles. The molecule has 0 spiro atoms. The van der Waals surface area contributed by atoms with Crippen LogP contribution in [0.2, 0.25) is 0 Å². The fraction of sp³-hybridized carbons (Fsp3) is 0.400. The van der Waals surface area contributed by atoms with Crippen molar-refractivity contribution in [1.29, 1.82) is 0 Å². The van der Waals surface area contributed by atoms with Gasteiger partial charge < -0.3 is 10.0 Å². The first-order chi connectivity index (χ1) is 8.97. The normalized spacial score (nSPS) is 21.6. The van der Waals surface area contributed by atoms with Crippen molar-refractivity contribution in [3.8, 4) is 0 Å². The molecule has 0 saturated heterocycles. The predicted molar refractivity (Wildman–Crippen MR) is 81.4 cm³/mol. The highest BCUT2D eigenvalue weighted by Gasteiger charge is 2.33. The zero-order chi connectivity index (χ0) is 14.0. The van der Waals surface area contributed by atoms with Gasteiger partial charge in [0.05, 0.1) is 0 Å². The van der Waals surface area contributed by atoms with Gasteiger partial charge in [-0.05, 0) is 48.1 Å². The third-order valence-corrected chi connectivity index (χ3v) is 4.08. The Labute approximate surface area is 122 Å². The minimum absolute atomic E-state index is 0.768. The predicted octanol–water partition coefficient (Wildman–Crippen LogP) is 3.64. The van der Waals surface area contributed by atoms with E-state index >= 15 is 0 Å². The zero-order valence-electron chi connectivity index (χ0n) is 11.1. The molecule has 2 rings (SSSR count). The molecule has 3 nitrogen and oxygen atoms in total. The van der Waals surface area contributed by atoms with Gasteiger partial charge in [-0.3, -0.25) is 0 Å². The van der Waals surface area contributed by atoms with Gasteiger partial charge in [-0.1, -0.05) is 22.9 Å². The van der Waals surface area contributed by atoms with Crippen molar-refractivity contribution in [1.82, 2.24) is 0 Å². The van der Waals surface area contributed by atoms with E-state index < -0.39 is 5.97 Å². The number of carboxylic acids is 1. The third-order valence-electron chi connectivity index (χ3n) is 3.59. The van der Waals surface area contributed by atoms with Gasteiger partial charge in [0.2, 0.25) is 0 Å². The van der Waals surface area contributed by atoms with Crippen LogP contribution < -0.4 is 4.90 Å². The van der Waals surface area contributed by atoms with E-state index in [1.807, 2.05) is 18.2 Å². The molecular formula is C15H18BrNO2. The minimum atomic E-state index is -0.926. The lowest BCUT2D eigenvalue weighted by Crippen LogP contribution is -2.21. The quantitative estimate of drug-likeness (QED) is 0.841. The monoisotopic (exact) mass is 323 g/mol. The Morgan fingerprint density at radius 3 is 2.84 bits per heavy atom. The van der Waals surface area contributed by atoms with Crippen molar-refractivity contribution < 1.29 is 9.90 Å². The molecule has 19 heavy (non-hydrogen) atoms. The van der Waals surface area contributed by atoms with Crippen LogP contribution in [0.5, 0.6) is 0 Å². The Bertz CT molecular complexity index is 513. The largest absolute Gasteiger partial charge is 0.478 e. The molecule has 0 radical (unpaired) electrons. The number of nitrogens with zero attached hydrogens (tertiary/aromatic N) is 1. The fourth-order valence-electron chi connectivity index (χ4n) is 2.27. The van der Waals surface area contributed by atoms with Crippen molar-refractivity contribution in [3.63, 3.8) is 0 Å². The molecule has 1 aliphatic rings. The molecular weight excluding hydrogens is 306 g/mol. The highest BCUT2D eigenvalue weighted by molar-refractivity contribution is 9.10. The highest BCUT2D eigenvalue weighted by Crippen LogP contribution is 2.39. The van der Waals surface area contributed by atoms with Gasteiger partial charge in [0.15, 0.2) is 0 Å². The average molecular weight is 324 g/mol. The number of rotatable bonds is 5. The maximum absolute atomic E-state index is 10.7. The highest BCUT2D eigenvalue weighted by atomic mass is 79.9. The molecule has 0 aliphatic heterocycles. The van der Waals surface area contributed by atoms with E-state index in [0.29, 0.717) is 0 Å². The molecule has 2 unspecified atom stereocenters. The number of hydrogen-bond donors (Lipinski definition) is 1. The third kappa shape index (κ3) is 3.83. The summed E-state index contributed by atoms with van der Waals surface area (Å²) in [7, 11) is 2.06. The molecule has 1 aromatic carbocycles. The van der Waals surface area contributed by atoms with E-state index in [4.69, 9.17) is 5.11 Å². The van der Waals surface area contributed by atoms with Crippen LogP contribution in [0.15, 0.2) is 28.7 Å². The van der Waals surface area contributed by atoms with Crippen molar-refractivity contribution in [2.45, 2.75) is 13.3 Å². The van der Waals surface area contributed by atoms with Gasteiger partial charge in [-0.15, -0.1) is 0 Å². The van der Waals surface area contributed by atoms with Crippen LogP contribution >= 0.6 is 15.9 Å². The number of benzene rings is 1. The Hall–Kier alpha value is -1.29. The second kappa shape index (κ2) is 5.78. The molecule has 4 heteroatoms. The van der Waals surface area contributed by atoms with Crippen molar-refractivity contribution in [3.05, 3.63) is 34.3 Å². The molecule has 1 aromatic rings. The number of anilines is 1. The number of halogens is 1. The summed E-state index contributed by atoms with van der Waals surface area (Å²) in [5, 5.41) is 8.75. The lowest BCUT2D eigenvalue weighted by molar-refractivity contribution is -0.131. The van der Waals surface area contributed by atoms with Gasteiger partial charge in [0.1, 0.15) is 0 Å². The lowest BCUT2D eigenvalue weighted by Gasteiger charge is -2.21. The molecule has 1 saturated carbocycles. The Balaban J connectivity index is 2.20. The molecule has 1 N–H and O–H groups in total. The average Bonchev–Trinajstić information content (AvgIpc) is 3.02. The van der Waals surface area contributed by atoms with Crippen molar-refractivity contribution >= 4 is 33.7 Å². The smallest absolute Gasteiger partial charge is 0.328 e. The summed E-state index contributed by atoms with van der Waals surface area (Å²) in [6.45, 7) is 3.29. The van der Waals surface area contributed by atoms with Crippen LogP contribution in [0.25, 0.3) is 6.08 Å². The first kappa shape index (κ1) is 14.1. The Kier molecular flexibility index (Phi) is 4.30. The van der Waals surface area contributed by atoms with E-state index in [2.05, 4.69) is 34.8 Å². The molecule has 0 bridgehead atoms. The summed E-state index contributed by atoms with van der Waals surface area (Å²) < 4.78 is 0.953.